The van der Waals surface area contributed by atoms with Crippen molar-refractivity contribution >= 4 is 5.97 Å². The van der Waals surface area contributed by atoms with Gasteiger partial charge in [0, 0.05) is 6.20 Å². The average Bonchev–Trinajstić information content (AvgIpc) is 2.52. The van der Waals surface area contributed by atoms with Crippen LogP contribution in [0.1, 0.15) is 29.9 Å². The monoisotopic (exact) mass is 167 g/mol. The molecule has 0 saturated carbocycles. The van der Waals surface area contributed by atoms with Crippen LogP contribution >= 0.6 is 0 Å². The molecule has 1 heterocycles. The molecule has 0 unspecified atom stereocenters. The van der Waals surface area contributed by atoms with E-state index in [1.807, 2.05) is 19.2 Å². The molecule has 3 heteroatoms. The maximum Gasteiger partial charge on any atom is 0.354 e. The number of aryl methyl sites for hydroxylation is 1. The first kappa shape index (κ1) is 8.84. The summed E-state index contributed by atoms with van der Waals surface area (Å²) < 4.78 is 4.82. The molecule has 0 atom stereocenters. The molecule has 0 bridgehead atoms. The molecule has 66 valence electrons. The van der Waals surface area contributed by atoms with E-state index in [1.54, 1.807) is 6.92 Å². The Balaban J connectivity index is 2.68. The Morgan fingerprint density at radius 2 is 2.33 bits per heavy atom. The van der Waals surface area contributed by atoms with Gasteiger partial charge in [-0.3, -0.25) is 0 Å². The molecule has 0 radical (unpaired) electrons. The molecule has 1 rings (SSSR count). The number of carbonyl (C=O) groups excluding carboxylic acids is 1. The van der Waals surface area contributed by atoms with E-state index in [9.17, 15) is 4.79 Å². The van der Waals surface area contributed by atoms with E-state index in [0.717, 1.165) is 12.0 Å². The molecule has 1 N–H and O–H groups in total. The summed E-state index contributed by atoms with van der Waals surface area (Å²) in [4.78, 5) is 14.0. The van der Waals surface area contributed by atoms with Gasteiger partial charge < -0.3 is 9.72 Å². The molecule has 0 saturated heterocycles. The van der Waals surface area contributed by atoms with Gasteiger partial charge in [0.25, 0.3) is 0 Å². The zero-order chi connectivity index (χ0) is 8.97. The molecule has 0 aliphatic heterocycles. The van der Waals surface area contributed by atoms with Crippen LogP contribution in [-0.4, -0.2) is 17.6 Å². The van der Waals surface area contributed by atoms with Gasteiger partial charge in [-0.15, -0.1) is 0 Å². The van der Waals surface area contributed by atoms with Crippen molar-refractivity contribution in [3.63, 3.8) is 0 Å². The zero-order valence-corrected chi connectivity index (χ0v) is 7.39. The lowest BCUT2D eigenvalue weighted by atomic mass is 10.2. The minimum absolute atomic E-state index is 0.280. The maximum absolute atomic E-state index is 11.1. The second-order valence-corrected chi connectivity index (χ2v) is 2.50. The summed E-state index contributed by atoms with van der Waals surface area (Å²) >= 11 is 0. The highest BCUT2D eigenvalue weighted by molar-refractivity contribution is 5.87. The van der Waals surface area contributed by atoms with E-state index in [1.165, 1.54) is 0 Å². The van der Waals surface area contributed by atoms with Gasteiger partial charge in [-0.1, -0.05) is 6.92 Å². The Labute approximate surface area is 71.7 Å². The summed E-state index contributed by atoms with van der Waals surface area (Å²) in [7, 11) is 0. The van der Waals surface area contributed by atoms with E-state index in [-0.39, 0.29) is 5.97 Å². The first-order valence-electron chi connectivity index (χ1n) is 4.12. The molecule has 0 spiro atoms. The van der Waals surface area contributed by atoms with Gasteiger partial charge in [-0.05, 0) is 25.0 Å². The van der Waals surface area contributed by atoms with Crippen molar-refractivity contribution < 1.29 is 9.53 Å². The second kappa shape index (κ2) is 3.95. The number of aromatic amines is 1. The number of ether oxygens (including phenoxy) is 1. The normalized spacial score (nSPS) is 9.83. The zero-order valence-electron chi connectivity index (χ0n) is 7.39. The third-order valence-corrected chi connectivity index (χ3v) is 1.65. The van der Waals surface area contributed by atoms with Crippen LogP contribution in [0.3, 0.4) is 0 Å². The Hall–Kier alpha value is -1.25. The first-order valence-corrected chi connectivity index (χ1v) is 4.12. The lowest BCUT2D eigenvalue weighted by molar-refractivity contribution is 0.0520. The number of esters is 1. The number of hydrogen-bond acceptors (Lipinski definition) is 2. The fourth-order valence-corrected chi connectivity index (χ4v) is 0.970. The SMILES string of the molecule is CCOC(=O)c1cc(CC)c[nH]1. The van der Waals surface area contributed by atoms with Crippen LogP contribution in [-0.2, 0) is 11.2 Å². The first-order chi connectivity index (χ1) is 5.77. The lowest BCUT2D eigenvalue weighted by Gasteiger charge is -1.96. The van der Waals surface area contributed by atoms with Crippen LogP contribution in [0, 0.1) is 0 Å². The van der Waals surface area contributed by atoms with E-state index in [0.29, 0.717) is 12.3 Å². The molecule has 0 fully saturated rings. The van der Waals surface area contributed by atoms with Gasteiger partial charge >= 0.3 is 5.97 Å². The van der Waals surface area contributed by atoms with Crippen molar-refractivity contribution in [1.29, 1.82) is 0 Å². The van der Waals surface area contributed by atoms with Crippen LogP contribution in [0.15, 0.2) is 12.3 Å². The highest BCUT2D eigenvalue weighted by Gasteiger charge is 2.07. The van der Waals surface area contributed by atoms with Crippen LogP contribution in [0.25, 0.3) is 0 Å². The van der Waals surface area contributed by atoms with Crippen molar-refractivity contribution in [2.24, 2.45) is 0 Å². The molecule has 0 aromatic carbocycles. The molecular weight excluding hydrogens is 154 g/mol. The molecule has 0 aliphatic rings. The van der Waals surface area contributed by atoms with E-state index < -0.39 is 0 Å². The van der Waals surface area contributed by atoms with E-state index >= 15 is 0 Å². The molecule has 0 amide bonds. The van der Waals surface area contributed by atoms with Crippen molar-refractivity contribution in [1.82, 2.24) is 4.98 Å². The molecular formula is C9H13NO2. The standard InChI is InChI=1S/C9H13NO2/c1-3-7-5-8(10-6-7)9(11)12-4-2/h5-6,10H,3-4H2,1-2H3. The van der Waals surface area contributed by atoms with Gasteiger partial charge in [0.05, 0.1) is 6.61 Å². The summed E-state index contributed by atoms with van der Waals surface area (Å²) in [5, 5.41) is 0. The van der Waals surface area contributed by atoms with Crippen molar-refractivity contribution in [3.8, 4) is 0 Å². The number of H-pyrrole nitrogens is 1. The van der Waals surface area contributed by atoms with Crippen LogP contribution in [0.4, 0.5) is 0 Å². The topological polar surface area (TPSA) is 42.1 Å². The van der Waals surface area contributed by atoms with E-state index in [4.69, 9.17) is 4.74 Å². The van der Waals surface area contributed by atoms with Crippen LogP contribution in [0.2, 0.25) is 0 Å². The third-order valence-electron chi connectivity index (χ3n) is 1.65. The fraction of sp³-hybridized carbons (Fsp3) is 0.444. The largest absolute Gasteiger partial charge is 0.461 e. The highest BCUT2D eigenvalue weighted by Crippen LogP contribution is 2.05. The maximum atomic E-state index is 11.1. The summed E-state index contributed by atoms with van der Waals surface area (Å²) in [5.74, 6) is -0.280. The van der Waals surface area contributed by atoms with Gasteiger partial charge in [0.1, 0.15) is 5.69 Å². The number of nitrogens with one attached hydrogen (secondary N) is 1. The summed E-state index contributed by atoms with van der Waals surface area (Å²) in [6.45, 7) is 4.25. The number of carbonyl (C=O) groups is 1. The molecule has 3 nitrogen and oxygen atoms in total. The molecule has 0 aliphatic carbocycles. The van der Waals surface area contributed by atoms with Crippen molar-refractivity contribution in [2.45, 2.75) is 20.3 Å². The average molecular weight is 167 g/mol. The molecule has 1 aromatic rings. The smallest absolute Gasteiger partial charge is 0.354 e. The van der Waals surface area contributed by atoms with Crippen LogP contribution < -0.4 is 0 Å². The Kier molecular flexibility index (Phi) is 2.91. The Bertz CT molecular complexity index is 265. The number of aromatic nitrogens is 1. The number of rotatable bonds is 3. The van der Waals surface area contributed by atoms with Crippen molar-refractivity contribution in [3.05, 3.63) is 23.5 Å². The Morgan fingerprint density at radius 1 is 1.58 bits per heavy atom. The molecule has 1 aromatic heterocycles. The van der Waals surface area contributed by atoms with Gasteiger partial charge in [0.15, 0.2) is 0 Å². The van der Waals surface area contributed by atoms with Crippen molar-refractivity contribution in [2.75, 3.05) is 6.61 Å². The van der Waals surface area contributed by atoms with Crippen LogP contribution in [0.5, 0.6) is 0 Å². The predicted molar refractivity (Wildman–Crippen MR) is 46.1 cm³/mol. The lowest BCUT2D eigenvalue weighted by Crippen LogP contribution is -2.04. The quantitative estimate of drug-likeness (QED) is 0.697. The minimum Gasteiger partial charge on any atom is -0.461 e. The Morgan fingerprint density at radius 3 is 2.83 bits per heavy atom. The van der Waals surface area contributed by atoms with Gasteiger partial charge in [-0.25, -0.2) is 4.79 Å². The number of hydrogen-bond donors (Lipinski definition) is 1. The molecule has 12 heavy (non-hydrogen) atoms. The van der Waals surface area contributed by atoms with Gasteiger partial charge in [-0.2, -0.15) is 0 Å². The third kappa shape index (κ3) is 1.87. The summed E-state index contributed by atoms with van der Waals surface area (Å²) in [6.07, 6.45) is 2.75. The fourth-order valence-electron chi connectivity index (χ4n) is 0.970. The second-order valence-electron chi connectivity index (χ2n) is 2.50. The van der Waals surface area contributed by atoms with Gasteiger partial charge in [0.2, 0.25) is 0 Å². The predicted octanol–water partition coefficient (Wildman–Crippen LogP) is 1.75. The highest BCUT2D eigenvalue weighted by atomic mass is 16.5. The minimum atomic E-state index is -0.280. The summed E-state index contributed by atoms with van der Waals surface area (Å²) in [5.41, 5.74) is 1.66. The van der Waals surface area contributed by atoms with E-state index in [2.05, 4.69) is 4.98 Å². The summed E-state index contributed by atoms with van der Waals surface area (Å²) in [6, 6.07) is 1.82.